The molecule has 1 saturated heterocycles. The highest BCUT2D eigenvalue weighted by Crippen LogP contribution is 2.31. The summed E-state index contributed by atoms with van der Waals surface area (Å²) in [6.07, 6.45) is 1.88. The number of furan rings is 1. The van der Waals surface area contributed by atoms with Crippen molar-refractivity contribution >= 4 is 16.7 Å². The van der Waals surface area contributed by atoms with Crippen LogP contribution in [-0.4, -0.2) is 26.2 Å². The quantitative estimate of drug-likeness (QED) is 0.729. The summed E-state index contributed by atoms with van der Waals surface area (Å²) in [5, 5.41) is 5.59. The van der Waals surface area contributed by atoms with Gasteiger partial charge in [-0.15, -0.1) is 0 Å². The van der Waals surface area contributed by atoms with Crippen molar-refractivity contribution in [3.63, 3.8) is 0 Å². The Labute approximate surface area is 95.0 Å². The first kappa shape index (κ1) is 9.73. The number of anilines is 1. The number of rotatable bonds is 1. The zero-order valence-electron chi connectivity index (χ0n) is 9.44. The van der Waals surface area contributed by atoms with Crippen molar-refractivity contribution in [3.05, 3.63) is 30.0 Å². The summed E-state index contributed by atoms with van der Waals surface area (Å²) in [5.74, 6) is 0. The fraction of sp³-hybridized carbons (Fsp3) is 0.385. The Morgan fingerprint density at radius 2 is 2.06 bits per heavy atom. The van der Waals surface area contributed by atoms with Crippen LogP contribution in [0.25, 0.3) is 11.0 Å². The molecule has 2 heterocycles. The number of benzene rings is 1. The van der Waals surface area contributed by atoms with Gasteiger partial charge >= 0.3 is 0 Å². The lowest BCUT2D eigenvalue weighted by molar-refractivity contribution is 0.570. The molecule has 83 valence electrons. The number of para-hydroxylation sites is 1. The fourth-order valence-electron chi connectivity index (χ4n) is 2.28. The maximum Gasteiger partial charge on any atom is 0.138 e. The van der Waals surface area contributed by atoms with Crippen molar-refractivity contribution in [2.24, 2.45) is 0 Å². The molecule has 0 spiro atoms. The molecule has 1 fully saturated rings. The molecular weight excluding hydrogens is 200 g/mol. The monoisotopic (exact) mass is 215 g/mol. The highest BCUT2D eigenvalue weighted by molar-refractivity contribution is 5.92. The van der Waals surface area contributed by atoms with Gasteiger partial charge in [-0.3, -0.25) is 0 Å². The van der Waals surface area contributed by atoms with Crippen molar-refractivity contribution < 1.29 is 4.42 Å². The molecule has 0 N–H and O–H groups in total. The van der Waals surface area contributed by atoms with Crippen LogP contribution in [-0.2, 0) is 0 Å². The van der Waals surface area contributed by atoms with Crippen LogP contribution in [0, 0.1) is 6.92 Å². The molecule has 1 radical (unpaired) electrons. The third-order valence-corrected chi connectivity index (χ3v) is 3.17. The third-order valence-electron chi connectivity index (χ3n) is 3.17. The number of hydrogen-bond donors (Lipinski definition) is 0. The number of aryl methyl sites for hydroxylation is 1. The number of piperazine rings is 1. The maximum atomic E-state index is 5.66. The third kappa shape index (κ3) is 1.48. The highest BCUT2D eigenvalue weighted by atomic mass is 16.3. The second-order valence-electron chi connectivity index (χ2n) is 4.23. The van der Waals surface area contributed by atoms with E-state index in [9.17, 15) is 0 Å². The van der Waals surface area contributed by atoms with E-state index in [1.54, 1.807) is 0 Å². The lowest BCUT2D eigenvalue weighted by Gasteiger charge is -2.27. The normalized spacial score (nSPS) is 16.9. The summed E-state index contributed by atoms with van der Waals surface area (Å²) in [7, 11) is 0. The minimum absolute atomic E-state index is 0.929. The lowest BCUT2D eigenvalue weighted by atomic mass is 10.1. The van der Waals surface area contributed by atoms with E-state index in [-0.39, 0.29) is 0 Å². The van der Waals surface area contributed by atoms with Crippen LogP contribution in [0.15, 0.2) is 28.9 Å². The molecule has 0 amide bonds. The summed E-state index contributed by atoms with van der Waals surface area (Å²) in [4.78, 5) is 2.36. The highest BCUT2D eigenvalue weighted by Gasteiger charge is 2.16. The molecule has 0 unspecified atom stereocenters. The van der Waals surface area contributed by atoms with Crippen LogP contribution >= 0.6 is 0 Å². The second kappa shape index (κ2) is 3.83. The van der Waals surface area contributed by atoms with Gasteiger partial charge in [-0.2, -0.15) is 0 Å². The van der Waals surface area contributed by atoms with E-state index in [0.29, 0.717) is 0 Å². The van der Waals surface area contributed by atoms with Crippen molar-refractivity contribution in [1.29, 1.82) is 0 Å². The predicted molar refractivity (Wildman–Crippen MR) is 65.0 cm³/mol. The van der Waals surface area contributed by atoms with Gasteiger partial charge in [0.05, 0.1) is 5.69 Å². The minimum atomic E-state index is 0.929. The maximum absolute atomic E-state index is 5.66. The Morgan fingerprint density at radius 1 is 1.25 bits per heavy atom. The lowest BCUT2D eigenvalue weighted by Crippen LogP contribution is -2.40. The SMILES string of the molecule is Cc1cccc2c(N3CC[N]CC3)coc12. The van der Waals surface area contributed by atoms with E-state index in [1.165, 1.54) is 16.6 Å². The van der Waals surface area contributed by atoms with E-state index in [4.69, 9.17) is 4.42 Å². The van der Waals surface area contributed by atoms with Crippen molar-refractivity contribution in [3.8, 4) is 0 Å². The van der Waals surface area contributed by atoms with Crippen LogP contribution in [0.3, 0.4) is 0 Å². The average Bonchev–Trinajstić information content (AvgIpc) is 2.75. The molecule has 1 aliphatic heterocycles. The van der Waals surface area contributed by atoms with Gasteiger partial charge < -0.3 is 9.32 Å². The summed E-state index contributed by atoms with van der Waals surface area (Å²) < 4.78 is 5.66. The summed E-state index contributed by atoms with van der Waals surface area (Å²) in [5.41, 5.74) is 3.43. The zero-order valence-corrected chi connectivity index (χ0v) is 9.44. The first-order valence-corrected chi connectivity index (χ1v) is 5.71. The summed E-state index contributed by atoms with van der Waals surface area (Å²) >= 11 is 0. The van der Waals surface area contributed by atoms with E-state index in [1.807, 2.05) is 6.26 Å². The first-order valence-electron chi connectivity index (χ1n) is 5.71. The van der Waals surface area contributed by atoms with Crippen molar-refractivity contribution in [2.45, 2.75) is 6.92 Å². The van der Waals surface area contributed by atoms with Gasteiger partial charge in [-0.25, -0.2) is 5.32 Å². The molecule has 0 bridgehead atoms. The molecule has 3 nitrogen and oxygen atoms in total. The van der Waals surface area contributed by atoms with Gasteiger partial charge in [0.2, 0.25) is 0 Å². The van der Waals surface area contributed by atoms with E-state index < -0.39 is 0 Å². The van der Waals surface area contributed by atoms with Crippen LogP contribution in [0.1, 0.15) is 5.56 Å². The molecule has 3 heteroatoms. The molecule has 1 aliphatic rings. The number of hydrogen-bond acceptors (Lipinski definition) is 2. The van der Waals surface area contributed by atoms with E-state index in [2.05, 4.69) is 35.3 Å². The van der Waals surface area contributed by atoms with Gasteiger partial charge in [0.1, 0.15) is 11.8 Å². The Kier molecular flexibility index (Phi) is 2.33. The molecule has 16 heavy (non-hydrogen) atoms. The molecule has 0 aliphatic carbocycles. The molecule has 1 aromatic carbocycles. The summed E-state index contributed by atoms with van der Waals surface area (Å²) in [6, 6.07) is 6.30. The predicted octanol–water partition coefficient (Wildman–Crippen LogP) is 2.17. The van der Waals surface area contributed by atoms with Crippen LogP contribution < -0.4 is 10.2 Å². The van der Waals surface area contributed by atoms with Gasteiger partial charge in [-0.05, 0) is 18.6 Å². The van der Waals surface area contributed by atoms with E-state index >= 15 is 0 Å². The van der Waals surface area contributed by atoms with Crippen LogP contribution in [0.5, 0.6) is 0 Å². The molecule has 1 aromatic heterocycles. The van der Waals surface area contributed by atoms with Crippen molar-refractivity contribution in [2.75, 3.05) is 31.1 Å². The molecule has 0 atom stereocenters. The van der Waals surface area contributed by atoms with Crippen LogP contribution in [0.4, 0.5) is 5.69 Å². The molecule has 0 saturated carbocycles. The Morgan fingerprint density at radius 3 is 2.88 bits per heavy atom. The summed E-state index contributed by atoms with van der Waals surface area (Å²) in [6.45, 7) is 5.95. The molecule has 3 rings (SSSR count). The van der Waals surface area contributed by atoms with E-state index in [0.717, 1.165) is 31.8 Å². The minimum Gasteiger partial charge on any atom is -0.462 e. The number of fused-ring (bicyclic) bond motifs is 1. The van der Waals surface area contributed by atoms with Gasteiger partial charge in [0.25, 0.3) is 0 Å². The zero-order chi connectivity index (χ0) is 11.0. The van der Waals surface area contributed by atoms with Gasteiger partial charge in [0, 0.05) is 31.6 Å². The topological polar surface area (TPSA) is 30.5 Å². The molecular formula is C13H15N2O. The largest absolute Gasteiger partial charge is 0.462 e. The number of nitrogens with zero attached hydrogens (tertiary/aromatic N) is 2. The Balaban J connectivity index is 2.06. The standard InChI is InChI=1S/C13H15N2O/c1-10-3-2-4-11-12(9-16-13(10)11)15-7-5-14-6-8-15/h2-4,9H,5-8H2,1H3. The second-order valence-corrected chi connectivity index (χ2v) is 4.23. The fourth-order valence-corrected chi connectivity index (χ4v) is 2.28. The van der Waals surface area contributed by atoms with Crippen molar-refractivity contribution in [1.82, 2.24) is 5.32 Å². The van der Waals surface area contributed by atoms with Gasteiger partial charge in [0.15, 0.2) is 0 Å². The van der Waals surface area contributed by atoms with Crippen LogP contribution in [0.2, 0.25) is 0 Å². The first-order chi connectivity index (χ1) is 7.86. The smallest absolute Gasteiger partial charge is 0.138 e. The molecule has 2 aromatic rings. The van der Waals surface area contributed by atoms with Gasteiger partial charge in [-0.1, -0.05) is 12.1 Å². The average molecular weight is 215 g/mol. The Bertz CT molecular complexity index is 498. The Hall–Kier alpha value is -1.48.